The van der Waals surface area contributed by atoms with Crippen molar-refractivity contribution >= 4 is 17.8 Å². The molecule has 182 valence electrons. The van der Waals surface area contributed by atoms with Crippen molar-refractivity contribution in [2.24, 2.45) is 10.2 Å². The molecule has 1 atom stereocenters. The predicted octanol–water partition coefficient (Wildman–Crippen LogP) is 3.87. The third-order valence-corrected chi connectivity index (χ3v) is 6.87. The second-order valence-electron chi connectivity index (χ2n) is 9.08. The largest absolute Gasteiger partial charge is 0.337 e. The number of benzene rings is 1. The summed E-state index contributed by atoms with van der Waals surface area (Å²) >= 11 is 0. The zero-order chi connectivity index (χ0) is 24.1. The Morgan fingerprint density at radius 1 is 1.18 bits per heavy atom. The van der Waals surface area contributed by atoms with E-state index < -0.39 is 11.7 Å². The summed E-state index contributed by atoms with van der Waals surface area (Å²) in [6.07, 6.45) is 6.05. The molecule has 0 bridgehead atoms. The lowest BCUT2D eigenvalue weighted by Crippen LogP contribution is -2.43. The van der Waals surface area contributed by atoms with Crippen molar-refractivity contribution < 1.29 is 18.8 Å². The zero-order valence-electron chi connectivity index (χ0n) is 19.7. The number of hydrogen-bond donors (Lipinski definition) is 1. The molecule has 2 heterocycles. The normalized spacial score (nSPS) is 19.9. The number of azo groups is 1. The van der Waals surface area contributed by atoms with Gasteiger partial charge in [0.15, 0.2) is 0 Å². The Hall–Kier alpha value is -3.10. The molecule has 1 aromatic rings. The highest BCUT2D eigenvalue weighted by molar-refractivity contribution is 5.96. The van der Waals surface area contributed by atoms with Gasteiger partial charge < -0.3 is 15.1 Å². The molecule has 0 spiro atoms. The van der Waals surface area contributed by atoms with Gasteiger partial charge in [-0.05, 0) is 68.7 Å². The number of amides is 4. The van der Waals surface area contributed by atoms with Crippen LogP contribution in [0.2, 0.25) is 0 Å². The van der Waals surface area contributed by atoms with Gasteiger partial charge in [-0.2, -0.15) is 5.11 Å². The number of likely N-dealkylation sites (tertiary alicyclic amines) is 1. The fourth-order valence-electron chi connectivity index (χ4n) is 4.95. The smallest absolute Gasteiger partial charge is 0.317 e. The predicted molar refractivity (Wildman–Crippen MR) is 125 cm³/mol. The standard InChI is InChI=1S/C25H32FN5O3/c1-2-30(14-11-27-25(34)31-12-5-6-13-31)24(33)20-15-17(9-10-21(20)26)16-22-18-7-3-4-8-19(18)23(32)29-28-22/h9-10,15,22H,2-8,11-14,16H2,1H3,(H,27,34). The highest BCUT2D eigenvalue weighted by Gasteiger charge is 2.29. The van der Waals surface area contributed by atoms with E-state index in [0.717, 1.165) is 68.3 Å². The van der Waals surface area contributed by atoms with Crippen molar-refractivity contribution in [2.45, 2.75) is 57.9 Å². The van der Waals surface area contributed by atoms with Crippen LogP contribution in [0.25, 0.3) is 0 Å². The van der Waals surface area contributed by atoms with Crippen LogP contribution in [0.15, 0.2) is 39.6 Å². The van der Waals surface area contributed by atoms with Gasteiger partial charge >= 0.3 is 6.03 Å². The van der Waals surface area contributed by atoms with Gasteiger partial charge in [-0.3, -0.25) is 9.59 Å². The molecule has 1 fully saturated rings. The van der Waals surface area contributed by atoms with Crippen molar-refractivity contribution in [1.82, 2.24) is 15.1 Å². The van der Waals surface area contributed by atoms with Crippen LogP contribution in [0.4, 0.5) is 9.18 Å². The fraction of sp³-hybridized carbons (Fsp3) is 0.560. The molecular weight excluding hydrogens is 437 g/mol. The number of rotatable bonds is 7. The molecule has 1 aliphatic carbocycles. The second kappa shape index (κ2) is 10.9. The van der Waals surface area contributed by atoms with Crippen molar-refractivity contribution in [2.75, 3.05) is 32.7 Å². The van der Waals surface area contributed by atoms with E-state index in [1.807, 2.05) is 6.92 Å². The first kappa shape index (κ1) is 24.0. The van der Waals surface area contributed by atoms with Crippen LogP contribution in [0.3, 0.4) is 0 Å². The van der Waals surface area contributed by atoms with Gasteiger partial charge in [0, 0.05) is 44.7 Å². The van der Waals surface area contributed by atoms with Gasteiger partial charge in [0.1, 0.15) is 5.82 Å². The van der Waals surface area contributed by atoms with E-state index in [1.54, 1.807) is 17.0 Å². The Morgan fingerprint density at radius 3 is 2.71 bits per heavy atom. The minimum Gasteiger partial charge on any atom is -0.337 e. The molecule has 2 aliphatic heterocycles. The summed E-state index contributed by atoms with van der Waals surface area (Å²) < 4.78 is 14.7. The monoisotopic (exact) mass is 469 g/mol. The van der Waals surface area contributed by atoms with Crippen LogP contribution in [0.1, 0.15) is 61.4 Å². The van der Waals surface area contributed by atoms with Crippen LogP contribution in [-0.2, 0) is 11.2 Å². The maximum atomic E-state index is 14.7. The van der Waals surface area contributed by atoms with E-state index in [2.05, 4.69) is 15.5 Å². The average molecular weight is 470 g/mol. The van der Waals surface area contributed by atoms with E-state index in [1.165, 1.54) is 11.0 Å². The molecule has 4 amide bonds. The number of urea groups is 1. The summed E-state index contributed by atoms with van der Waals surface area (Å²) in [5.41, 5.74) is 2.59. The molecule has 8 nitrogen and oxygen atoms in total. The molecule has 1 saturated heterocycles. The number of halogens is 1. The first-order valence-electron chi connectivity index (χ1n) is 12.3. The Labute approximate surface area is 199 Å². The van der Waals surface area contributed by atoms with E-state index in [4.69, 9.17) is 0 Å². The lowest BCUT2D eigenvalue weighted by molar-refractivity contribution is -0.115. The van der Waals surface area contributed by atoms with Gasteiger partial charge in [0.2, 0.25) is 0 Å². The highest BCUT2D eigenvalue weighted by atomic mass is 19.1. The summed E-state index contributed by atoms with van der Waals surface area (Å²) in [7, 11) is 0. The minimum atomic E-state index is -0.577. The summed E-state index contributed by atoms with van der Waals surface area (Å²) in [6.45, 7) is 4.36. The maximum Gasteiger partial charge on any atom is 0.317 e. The third kappa shape index (κ3) is 5.34. The molecule has 1 N–H and O–H groups in total. The SMILES string of the molecule is CCN(CCNC(=O)N1CCCC1)C(=O)c1cc(CC2N=NC(=O)C3=C2CCCC3)ccc1F. The van der Waals surface area contributed by atoms with E-state index in [9.17, 15) is 18.8 Å². The lowest BCUT2D eigenvalue weighted by Gasteiger charge is -2.26. The van der Waals surface area contributed by atoms with E-state index in [0.29, 0.717) is 26.1 Å². The highest BCUT2D eigenvalue weighted by Crippen LogP contribution is 2.33. The summed E-state index contributed by atoms with van der Waals surface area (Å²) in [4.78, 5) is 40.7. The first-order chi connectivity index (χ1) is 16.5. The summed E-state index contributed by atoms with van der Waals surface area (Å²) in [5.74, 6) is -1.22. The number of nitrogens with zero attached hydrogens (tertiary/aromatic N) is 4. The van der Waals surface area contributed by atoms with E-state index >= 15 is 0 Å². The van der Waals surface area contributed by atoms with Crippen LogP contribution in [0, 0.1) is 5.82 Å². The first-order valence-corrected chi connectivity index (χ1v) is 12.3. The van der Waals surface area contributed by atoms with Crippen LogP contribution in [-0.4, -0.2) is 66.4 Å². The Kier molecular flexibility index (Phi) is 7.70. The number of carbonyl (C=O) groups excluding carboxylic acids is 3. The number of hydrogen-bond acceptors (Lipinski definition) is 4. The van der Waals surface area contributed by atoms with Gasteiger partial charge in [0.25, 0.3) is 11.8 Å². The minimum absolute atomic E-state index is 0.00638. The Morgan fingerprint density at radius 2 is 1.94 bits per heavy atom. The molecular formula is C25H32FN5O3. The topological polar surface area (TPSA) is 94.4 Å². The fourth-order valence-corrected chi connectivity index (χ4v) is 4.95. The van der Waals surface area contributed by atoms with E-state index in [-0.39, 0.29) is 23.5 Å². The zero-order valence-corrected chi connectivity index (χ0v) is 19.7. The number of likely N-dealkylation sites (N-methyl/N-ethyl adjacent to an activating group) is 1. The van der Waals surface area contributed by atoms with Crippen molar-refractivity contribution in [3.05, 3.63) is 46.3 Å². The quantitative estimate of drug-likeness (QED) is 0.657. The van der Waals surface area contributed by atoms with Crippen molar-refractivity contribution in [3.63, 3.8) is 0 Å². The maximum absolute atomic E-state index is 14.7. The lowest BCUT2D eigenvalue weighted by atomic mass is 9.84. The van der Waals surface area contributed by atoms with Crippen molar-refractivity contribution in [1.29, 1.82) is 0 Å². The second-order valence-corrected chi connectivity index (χ2v) is 9.08. The average Bonchev–Trinajstić information content (AvgIpc) is 3.40. The molecule has 0 saturated carbocycles. The van der Waals surface area contributed by atoms with Crippen LogP contribution in [0.5, 0.6) is 0 Å². The summed E-state index contributed by atoms with van der Waals surface area (Å²) in [5, 5.41) is 10.9. The Balaban J connectivity index is 1.41. The Bertz CT molecular complexity index is 1020. The molecule has 3 aliphatic rings. The molecule has 1 unspecified atom stereocenters. The molecule has 0 radical (unpaired) electrons. The van der Waals surface area contributed by atoms with Crippen LogP contribution >= 0.6 is 0 Å². The molecule has 1 aromatic carbocycles. The molecule has 9 heteroatoms. The molecule has 4 rings (SSSR count). The molecule has 34 heavy (non-hydrogen) atoms. The summed E-state index contributed by atoms with van der Waals surface area (Å²) in [6, 6.07) is 4.19. The van der Waals surface area contributed by atoms with Crippen LogP contribution < -0.4 is 5.32 Å². The van der Waals surface area contributed by atoms with Crippen molar-refractivity contribution in [3.8, 4) is 0 Å². The molecule has 0 aromatic heterocycles. The van der Waals surface area contributed by atoms with Gasteiger partial charge in [0.05, 0.1) is 11.6 Å². The van der Waals surface area contributed by atoms with Gasteiger partial charge in [-0.25, -0.2) is 9.18 Å². The van der Waals surface area contributed by atoms with Gasteiger partial charge in [-0.1, -0.05) is 6.07 Å². The number of carbonyl (C=O) groups is 3. The third-order valence-electron chi connectivity index (χ3n) is 6.87. The number of nitrogens with one attached hydrogen (secondary N) is 1. The van der Waals surface area contributed by atoms with Gasteiger partial charge in [-0.15, -0.1) is 5.11 Å².